The van der Waals surface area contributed by atoms with E-state index in [1.54, 1.807) is 38.3 Å². The van der Waals surface area contributed by atoms with Crippen molar-refractivity contribution in [1.82, 2.24) is 0 Å². The van der Waals surface area contributed by atoms with Crippen molar-refractivity contribution in [3.63, 3.8) is 0 Å². The highest BCUT2D eigenvalue weighted by Gasteiger charge is 2.14. The van der Waals surface area contributed by atoms with Crippen LogP contribution in [-0.4, -0.2) is 27.3 Å². The first-order valence-electron chi connectivity index (χ1n) is 5.02. The third-order valence-electron chi connectivity index (χ3n) is 2.06. The Balaban J connectivity index is 2.72. The van der Waals surface area contributed by atoms with Crippen LogP contribution >= 0.6 is 0 Å². The van der Waals surface area contributed by atoms with Gasteiger partial charge in [0, 0.05) is 6.04 Å². The molecule has 90 valence electrons. The van der Waals surface area contributed by atoms with Gasteiger partial charge in [0.1, 0.15) is 5.75 Å². The lowest BCUT2D eigenvalue weighted by Gasteiger charge is -2.07. The molecule has 0 aliphatic heterocycles. The Morgan fingerprint density at radius 2 is 1.88 bits per heavy atom. The summed E-state index contributed by atoms with van der Waals surface area (Å²) in [6.45, 7) is 1.69. The first-order valence-corrected chi connectivity index (χ1v) is 6.84. The maximum Gasteiger partial charge on any atom is 0.155 e. The molecular formula is C11H17NO3S. The number of rotatable bonds is 5. The first kappa shape index (κ1) is 13.0. The third kappa shape index (κ3) is 4.20. The van der Waals surface area contributed by atoms with E-state index in [-0.39, 0.29) is 17.5 Å². The Kier molecular flexibility index (Phi) is 4.32. The molecule has 5 heteroatoms. The summed E-state index contributed by atoms with van der Waals surface area (Å²) in [5, 5.41) is 0. The quantitative estimate of drug-likeness (QED) is 0.836. The second-order valence-corrected chi connectivity index (χ2v) is 5.99. The van der Waals surface area contributed by atoms with Gasteiger partial charge in [0.2, 0.25) is 0 Å². The molecule has 0 fully saturated rings. The van der Waals surface area contributed by atoms with Gasteiger partial charge in [-0.15, -0.1) is 0 Å². The fourth-order valence-corrected chi connectivity index (χ4v) is 3.05. The van der Waals surface area contributed by atoms with E-state index < -0.39 is 9.84 Å². The standard InChI is InChI=1S/C11H17NO3S/c1-9(12)7-16(13,14)8-10-3-5-11(15-2)6-4-10/h3-6,9H,7-8,12H2,1-2H3. The normalized spacial score (nSPS) is 13.4. The SMILES string of the molecule is COc1ccc(CS(=O)(=O)CC(C)N)cc1. The minimum atomic E-state index is -3.12. The van der Waals surface area contributed by atoms with Crippen LogP contribution in [0.4, 0.5) is 0 Å². The summed E-state index contributed by atoms with van der Waals surface area (Å²) in [4.78, 5) is 0. The van der Waals surface area contributed by atoms with E-state index >= 15 is 0 Å². The topological polar surface area (TPSA) is 69.4 Å². The number of nitrogens with two attached hydrogens (primary N) is 1. The Labute approximate surface area is 96.3 Å². The zero-order valence-corrected chi connectivity index (χ0v) is 10.3. The van der Waals surface area contributed by atoms with Crippen molar-refractivity contribution in [2.45, 2.75) is 18.7 Å². The summed E-state index contributed by atoms with van der Waals surface area (Å²) >= 11 is 0. The predicted molar refractivity (Wildman–Crippen MR) is 64.1 cm³/mol. The van der Waals surface area contributed by atoms with Gasteiger partial charge in [-0.25, -0.2) is 8.42 Å². The lowest BCUT2D eigenvalue weighted by molar-refractivity contribution is 0.414. The van der Waals surface area contributed by atoms with Crippen molar-refractivity contribution < 1.29 is 13.2 Å². The Morgan fingerprint density at radius 1 is 1.31 bits per heavy atom. The van der Waals surface area contributed by atoms with Crippen LogP contribution in [0.2, 0.25) is 0 Å². The predicted octanol–water partition coefficient (Wildman–Crippen LogP) is 0.957. The van der Waals surface area contributed by atoms with Gasteiger partial charge in [-0.1, -0.05) is 12.1 Å². The van der Waals surface area contributed by atoms with Gasteiger partial charge < -0.3 is 10.5 Å². The monoisotopic (exact) mass is 243 g/mol. The number of sulfone groups is 1. The average molecular weight is 243 g/mol. The first-order chi connectivity index (χ1) is 7.43. The molecule has 1 aromatic carbocycles. The second-order valence-electron chi connectivity index (χ2n) is 3.88. The molecule has 1 rings (SSSR count). The van der Waals surface area contributed by atoms with Crippen LogP contribution in [0.25, 0.3) is 0 Å². The average Bonchev–Trinajstić information content (AvgIpc) is 2.16. The Bertz CT molecular complexity index is 423. The molecule has 1 aromatic rings. The zero-order chi connectivity index (χ0) is 12.2. The molecule has 0 heterocycles. The van der Waals surface area contributed by atoms with Crippen LogP contribution in [-0.2, 0) is 15.6 Å². The van der Waals surface area contributed by atoms with Gasteiger partial charge in [-0.3, -0.25) is 0 Å². The summed E-state index contributed by atoms with van der Waals surface area (Å²) in [7, 11) is -1.55. The van der Waals surface area contributed by atoms with E-state index in [1.165, 1.54) is 0 Å². The second kappa shape index (κ2) is 5.32. The number of ether oxygens (including phenoxy) is 1. The number of methoxy groups -OCH3 is 1. The number of hydrogen-bond donors (Lipinski definition) is 1. The van der Waals surface area contributed by atoms with Gasteiger partial charge >= 0.3 is 0 Å². The molecule has 0 aromatic heterocycles. The van der Waals surface area contributed by atoms with Crippen LogP contribution in [0.15, 0.2) is 24.3 Å². The Hall–Kier alpha value is -1.07. The molecule has 0 aliphatic carbocycles. The van der Waals surface area contributed by atoms with Gasteiger partial charge in [0.05, 0.1) is 18.6 Å². The summed E-state index contributed by atoms with van der Waals surface area (Å²) in [5.74, 6) is 0.755. The molecule has 0 saturated heterocycles. The fourth-order valence-electron chi connectivity index (χ4n) is 1.44. The lowest BCUT2D eigenvalue weighted by atomic mass is 10.2. The maximum atomic E-state index is 11.7. The van der Waals surface area contributed by atoms with Crippen LogP contribution in [0.3, 0.4) is 0 Å². The number of hydrogen-bond acceptors (Lipinski definition) is 4. The van der Waals surface area contributed by atoms with Crippen LogP contribution in [0.5, 0.6) is 5.75 Å². The van der Waals surface area contributed by atoms with Crippen LogP contribution in [0, 0.1) is 0 Å². The lowest BCUT2D eigenvalue weighted by Crippen LogP contribution is -2.26. The zero-order valence-electron chi connectivity index (χ0n) is 9.51. The molecule has 0 radical (unpaired) electrons. The van der Waals surface area contributed by atoms with Crippen molar-refractivity contribution in [1.29, 1.82) is 0 Å². The minimum Gasteiger partial charge on any atom is -0.497 e. The van der Waals surface area contributed by atoms with Gasteiger partial charge in [0.25, 0.3) is 0 Å². The molecule has 0 spiro atoms. The van der Waals surface area contributed by atoms with Crippen molar-refractivity contribution >= 4 is 9.84 Å². The molecule has 16 heavy (non-hydrogen) atoms. The molecule has 1 unspecified atom stereocenters. The third-order valence-corrected chi connectivity index (χ3v) is 3.87. The van der Waals surface area contributed by atoms with Gasteiger partial charge in [-0.05, 0) is 24.6 Å². The molecule has 0 amide bonds. The van der Waals surface area contributed by atoms with Crippen LogP contribution < -0.4 is 10.5 Å². The highest BCUT2D eigenvalue weighted by Crippen LogP contribution is 2.13. The largest absolute Gasteiger partial charge is 0.497 e. The van der Waals surface area contributed by atoms with Gasteiger partial charge in [0.15, 0.2) is 9.84 Å². The smallest absolute Gasteiger partial charge is 0.155 e. The van der Waals surface area contributed by atoms with Crippen LogP contribution in [0.1, 0.15) is 12.5 Å². The van der Waals surface area contributed by atoms with Crippen molar-refractivity contribution in [2.24, 2.45) is 5.73 Å². The molecule has 0 aliphatic rings. The van der Waals surface area contributed by atoms with Crippen molar-refractivity contribution in [3.8, 4) is 5.75 Å². The molecule has 0 bridgehead atoms. The van der Waals surface area contributed by atoms with E-state index in [1.807, 2.05) is 0 Å². The van der Waals surface area contributed by atoms with E-state index in [4.69, 9.17) is 10.5 Å². The molecule has 2 N–H and O–H groups in total. The molecule has 1 atom stereocenters. The highest BCUT2D eigenvalue weighted by molar-refractivity contribution is 7.90. The Morgan fingerprint density at radius 3 is 2.31 bits per heavy atom. The van der Waals surface area contributed by atoms with E-state index in [0.717, 1.165) is 5.56 Å². The summed E-state index contributed by atoms with van der Waals surface area (Å²) in [6, 6.07) is 6.66. The van der Waals surface area contributed by atoms with E-state index in [0.29, 0.717) is 5.75 Å². The summed E-state index contributed by atoms with van der Waals surface area (Å²) < 4.78 is 28.3. The molecular weight excluding hydrogens is 226 g/mol. The minimum absolute atomic E-state index is 0.0129. The van der Waals surface area contributed by atoms with Crippen molar-refractivity contribution in [2.75, 3.05) is 12.9 Å². The van der Waals surface area contributed by atoms with E-state index in [9.17, 15) is 8.42 Å². The number of benzene rings is 1. The van der Waals surface area contributed by atoms with E-state index in [2.05, 4.69) is 0 Å². The maximum absolute atomic E-state index is 11.7. The fraction of sp³-hybridized carbons (Fsp3) is 0.455. The highest BCUT2D eigenvalue weighted by atomic mass is 32.2. The van der Waals surface area contributed by atoms with Crippen molar-refractivity contribution in [3.05, 3.63) is 29.8 Å². The summed E-state index contributed by atoms with van der Waals surface area (Å²) in [5.41, 5.74) is 6.23. The molecule has 0 saturated carbocycles. The van der Waals surface area contributed by atoms with Gasteiger partial charge in [-0.2, -0.15) is 0 Å². The summed E-state index contributed by atoms with van der Waals surface area (Å²) in [6.07, 6.45) is 0. The molecule has 4 nitrogen and oxygen atoms in total.